The van der Waals surface area contributed by atoms with E-state index < -0.39 is 6.10 Å². The number of carbonyl (C=O) groups is 1. The van der Waals surface area contributed by atoms with Crippen molar-refractivity contribution >= 4 is 16.7 Å². The van der Waals surface area contributed by atoms with Gasteiger partial charge in [0.05, 0.1) is 23.2 Å². The van der Waals surface area contributed by atoms with Gasteiger partial charge in [0.25, 0.3) is 0 Å². The van der Waals surface area contributed by atoms with Crippen LogP contribution < -0.4 is 0 Å². The molecule has 1 aliphatic rings. The maximum atomic E-state index is 12.9. The number of para-hydroxylation sites is 1. The van der Waals surface area contributed by atoms with E-state index in [0.29, 0.717) is 12.0 Å². The molecule has 2 unspecified atom stereocenters. The number of Topliss-reactive ketones (excluding diaryl/α,β-unsaturated/α-hetero) is 1. The third kappa shape index (κ3) is 3.28. The van der Waals surface area contributed by atoms with Crippen molar-refractivity contribution in [3.8, 4) is 28.1 Å². The van der Waals surface area contributed by atoms with Crippen molar-refractivity contribution in [3.05, 3.63) is 84.4 Å². The molecule has 2 atom stereocenters. The predicted molar refractivity (Wildman–Crippen MR) is 113 cm³/mol. The van der Waals surface area contributed by atoms with Gasteiger partial charge in [-0.25, -0.2) is 4.98 Å². The number of phenolic OH excluding ortho intramolecular Hbond substituents is 1. The van der Waals surface area contributed by atoms with Crippen LogP contribution in [0.4, 0.5) is 0 Å². The van der Waals surface area contributed by atoms with Gasteiger partial charge in [-0.2, -0.15) is 0 Å². The van der Waals surface area contributed by atoms with Crippen molar-refractivity contribution < 1.29 is 15.0 Å². The number of fused-ring (bicyclic) bond motifs is 1. The minimum atomic E-state index is -0.528. The normalized spacial score (nSPS) is 18.0. The Balaban J connectivity index is 1.57. The highest BCUT2D eigenvalue weighted by Crippen LogP contribution is 2.36. The molecule has 0 aliphatic heterocycles. The summed E-state index contributed by atoms with van der Waals surface area (Å²) in [6.07, 6.45) is 0.00290. The van der Waals surface area contributed by atoms with Crippen LogP contribution >= 0.6 is 0 Å². The summed E-state index contributed by atoms with van der Waals surface area (Å²) in [5.74, 6) is -0.0938. The van der Waals surface area contributed by atoms with Crippen molar-refractivity contribution in [3.63, 3.8) is 0 Å². The number of rotatable bonds is 4. The van der Waals surface area contributed by atoms with Gasteiger partial charge in [-0.05, 0) is 41.8 Å². The number of phenols is 1. The number of ketones is 1. The van der Waals surface area contributed by atoms with Gasteiger partial charge in [-0.1, -0.05) is 54.6 Å². The maximum absolute atomic E-state index is 12.9. The van der Waals surface area contributed by atoms with Gasteiger partial charge >= 0.3 is 0 Å². The molecule has 4 aromatic rings. The van der Waals surface area contributed by atoms with Gasteiger partial charge in [-0.3, -0.25) is 4.79 Å². The fourth-order valence-electron chi connectivity index (χ4n) is 3.71. The lowest BCUT2D eigenvalue weighted by atomic mass is 9.98. The fourth-order valence-corrected chi connectivity index (χ4v) is 3.71. The first kappa shape index (κ1) is 17.6. The topological polar surface area (TPSA) is 70.4 Å². The standard InChI is InChI=1S/C25H19NO3/c27-18-5-3-4-17(12-18)15-8-10-16(11-9-15)23-13-20(25(29)21-14-24(21)28)19-6-1-2-7-22(19)26-23/h1-13,21,24,27-28H,14H2. The number of hydrogen-bond acceptors (Lipinski definition) is 4. The smallest absolute Gasteiger partial charge is 0.169 e. The summed E-state index contributed by atoms with van der Waals surface area (Å²) in [6.45, 7) is 0. The number of aliphatic hydroxyl groups is 1. The summed E-state index contributed by atoms with van der Waals surface area (Å²) >= 11 is 0. The number of nitrogens with zero attached hydrogens (tertiary/aromatic N) is 1. The Morgan fingerprint density at radius 2 is 1.59 bits per heavy atom. The van der Waals surface area contributed by atoms with Gasteiger partial charge in [0.15, 0.2) is 5.78 Å². The molecule has 1 heterocycles. The van der Waals surface area contributed by atoms with Crippen LogP contribution in [0.25, 0.3) is 33.3 Å². The van der Waals surface area contributed by atoms with Gasteiger partial charge in [-0.15, -0.1) is 0 Å². The number of carbonyl (C=O) groups excluding carboxylic acids is 1. The molecule has 1 aromatic heterocycles. The third-order valence-electron chi connectivity index (χ3n) is 5.44. The van der Waals surface area contributed by atoms with E-state index in [4.69, 9.17) is 4.98 Å². The van der Waals surface area contributed by atoms with Crippen LogP contribution in [0, 0.1) is 5.92 Å². The lowest BCUT2D eigenvalue weighted by molar-refractivity contribution is 0.0944. The SMILES string of the molecule is O=C(c1cc(-c2ccc(-c3cccc(O)c3)cc2)nc2ccccc12)C1CC1O. The van der Waals surface area contributed by atoms with Crippen LogP contribution in [0.5, 0.6) is 5.75 Å². The molecule has 1 saturated carbocycles. The molecular formula is C25H19NO3. The minimum absolute atomic E-state index is 0.0197. The van der Waals surface area contributed by atoms with E-state index in [1.165, 1.54) is 0 Å². The molecule has 142 valence electrons. The number of benzene rings is 3. The third-order valence-corrected chi connectivity index (χ3v) is 5.44. The molecule has 4 heteroatoms. The minimum Gasteiger partial charge on any atom is -0.508 e. The molecular weight excluding hydrogens is 362 g/mol. The van der Waals surface area contributed by atoms with Crippen LogP contribution in [0.2, 0.25) is 0 Å². The lowest BCUT2D eigenvalue weighted by Gasteiger charge is -2.10. The van der Waals surface area contributed by atoms with Gasteiger partial charge < -0.3 is 10.2 Å². The van der Waals surface area contributed by atoms with Gasteiger partial charge in [0, 0.05) is 16.5 Å². The Hall–Kier alpha value is -3.50. The molecule has 0 amide bonds. The van der Waals surface area contributed by atoms with E-state index in [1.54, 1.807) is 12.1 Å². The van der Waals surface area contributed by atoms with Crippen LogP contribution in [-0.4, -0.2) is 27.1 Å². The maximum Gasteiger partial charge on any atom is 0.169 e. The number of aromatic hydroxyl groups is 1. The number of aromatic nitrogens is 1. The van der Waals surface area contributed by atoms with Crippen molar-refractivity contribution in [1.29, 1.82) is 0 Å². The van der Waals surface area contributed by atoms with E-state index in [2.05, 4.69) is 0 Å². The van der Waals surface area contributed by atoms with Gasteiger partial charge in [0.1, 0.15) is 5.75 Å². The van der Waals surface area contributed by atoms with E-state index in [0.717, 1.165) is 33.3 Å². The number of pyridine rings is 1. The highest BCUT2D eigenvalue weighted by Gasteiger charge is 2.42. The average molecular weight is 381 g/mol. The zero-order valence-electron chi connectivity index (χ0n) is 15.6. The van der Waals surface area contributed by atoms with E-state index in [-0.39, 0.29) is 17.5 Å². The van der Waals surface area contributed by atoms with Crippen molar-refractivity contribution in [1.82, 2.24) is 4.98 Å². The molecule has 2 N–H and O–H groups in total. The number of aliphatic hydroxyl groups excluding tert-OH is 1. The Labute approximate surface area is 168 Å². The number of hydrogen-bond donors (Lipinski definition) is 2. The molecule has 3 aromatic carbocycles. The summed E-state index contributed by atoms with van der Waals surface area (Å²) in [5.41, 5.74) is 4.93. The molecule has 0 bridgehead atoms. The molecule has 4 nitrogen and oxygen atoms in total. The van der Waals surface area contributed by atoms with Crippen LogP contribution in [-0.2, 0) is 0 Å². The molecule has 0 saturated heterocycles. The summed E-state index contributed by atoms with van der Waals surface area (Å²) in [7, 11) is 0. The van der Waals surface area contributed by atoms with Crippen molar-refractivity contribution in [2.75, 3.05) is 0 Å². The zero-order chi connectivity index (χ0) is 20.0. The second kappa shape index (κ2) is 6.83. The summed E-state index contributed by atoms with van der Waals surface area (Å²) in [5, 5.41) is 20.2. The zero-order valence-corrected chi connectivity index (χ0v) is 15.6. The monoisotopic (exact) mass is 381 g/mol. The molecule has 5 rings (SSSR count). The molecule has 1 fully saturated rings. The molecule has 0 spiro atoms. The Bertz CT molecular complexity index is 1230. The van der Waals surface area contributed by atoms with Crippen LogP contribution in [0.15, 0.2) is 78.9 Å². The molecule has 1 aliphatic carbocycles. The molecule has 0 radical (unpaired) electrons. The second-order valence-corrected chi connectivity index (χ2v) is 7.47. The Kier molecular flexibility index (Phi) is 4.14. The summed E-state index contributed by atoms with van der Waals surface area (Å²) in [4.78, 5) is 17.6. The first-order chi connectivity index (χ1) is 14.1. The lowest BCUT2D eigenvalue weighted by Crippen LogP contribution is -2.07. The van der Waals surface area contributed by atoms with Crippen molar-refractivity contribution in [2.24, 2.45) is 5.92 Å². The van der Waals surface area contributed by atoms with E-state index in [1.807, 2.05) is 66.7 Å². The first-order valence-corrected chi connectivity index (χ1v) is 9.62. The largest absolute Gasteiger partial charge is 0.508 e. The Morgan fingerprint density at radius 3 is 2.31 bits per heavy atom. The second-order valence-electron chi connectivity index (χ2n) is 7.47. The fraction of sp³-hybridized carbons (Fsp3) is 0.120. The highest BCUT2D eigenvalue weighted by atomic mass is 16.3. The summed E-state index contributed by atoms with van der Waals surface area (Å²) in [6, 6.07) is 24.5. The van der Waals surface area contributed by atoms with E-state index in [9.17, 15) is 15.0 Å². The molecule has 29 heavy (non-hydrogen) atoms. The Morgan fingerprint density at radius 1 is 0.862 bits per heavy atom. The summed E-state index contributed by atoms with van der Waals surface area (Å²) < 4.78 is 0. The predicted octanol–water partition coefficient (Wildman–Crippen LogP) is 4.84. The van der Waals surface area contributed by atoms with Gasteiger partial charge in [0.2, 0.25) is 0 Å². The van der Waals surface area contributed by atoms with Crippen LogP contribution in [0.1, 0.15) is 16.8 Å². The first-order valence-electron chi connectivity index (χ1n) is 9.62. The highest BCUT2D eigenvalue weighted by molar-refractivity contribution is 6.10. The van der Waals surface area contributed by atoms with Crippen LogP contribution in [0.3, 0.4) is 0 Å². The van der Waals surface area contributed by atoms with Crippen molar-refractivity contribution in [2.45, 2.75) is 12.5 Å². The van der Waals surface area contributed by atoms with E-state index >= 15 is 0 Å². The average Bonchev–Trinajstić information content (AvgIpc) is 3.49. The quantitative estimate of drug-likeness (QED) is 0.496.